The first-order valence-corrected chi connectivity index (χ1v) is 5.74. The van der Waals surface area contributed by atoms with Crippen LogP contribution in [0.4, 0.5) is 18.9 Å². The highest BCUT2D eigenvalue weighted by Crippen LogP contribution is 2.16. The number of benzene rings is 2. The largest absolute Gasteiger partial charge is 0.381 e. The lowest BCUT2D eigenvalue weighted by molar-refractivity contribution is 0.100. The highest BCUT2D eigenvalue weighted by molar-refractivity contribution is 5.93. The smallest absolute Gasteiger partial charge is 0.248 e. The first kappa shape index (κ1) is 13.9. The van der Waals surface area contributed by atoms with Crippen LogP contribution in [0.15, 0.2) is 36.4 Å². The second-order valence-electron chi connectivity index (χ2n) is 4.17. The minimum atomic E-state index is -1.50. The van der Waals surface area contributed by atoms with Crippen LogP contribution >= 0.6 is 0 Å². The van der Waals surface area contributed by atoms with Gasteiger partial charge in [-0.15, -0.1) is 0 Å². The topological polar surface area (TPSA) is 55.1 Å². The van der Waals surface area contributed by atoms with Crippen LogP contribution in [-0.4, -0.2) is 5.91 Å². The van der Waals surface area contributed by atoms with Gasteiger partial charge in [-0.05, 0) is 35.9 Å². The summed E-state index contributed by atoms with van der Waals surface area (Å²) in [5.41, 5.74) is 6.25. The number of amides is 1. The van der Waals surface area contributed by atoms with E-state index in [1.165, 1.54) is 6.07 Å². The molecule has 0 aliphatic heterocycles. The molecule has 20 heavy (non-hydrogen) atoms. The van der Waals surface area contributed by atoms with Gasteiger partial charge in [-0.3, -0.25) is 4.79 Å². The summed E-state index contributed by atoms with van der Waals surface area (Å²) in [5.74, 6) is -4.56. The van der Waals surface area contributed by atoms with Crippen LogP contribution in [0.3, 0.4) is 0 Å². The van der Waals surface area contributed by atoms with Gasteiger partial charge < -0.3 is 11.1 Å². The zero-order valence-electron chi connectivity index (χ0n) is 10.3. The number of hydrogen-bond donors (Lipinski definition) is 2. The average molecular weight is 280 g/mol. The summed E-state index contributed by atoms with van der Waals surface area (Å²) >= 11 is 0. The minimum Gasteiger partial charge on any atom is -0.381 e. The van der Waals surface area contributed by atoms with E-state index in [0.29, 0.717) is 11.3 Å². The summed E-state index contributed by atoms with van der Waals surface area (Å²) in [7, 11) is 0. The van der Waals surface area contributed by atoms with E-state index in [9.17, 15) is 18.0 Å². The fourth-order valence-electron chi connectivity index (χ4n) is 1.70. The number of anilines is 1. The zero-order valence-corrected chi connectivity index (χ0v) is 10.3. The summed E-state index contributed by atoms with van der Waals surface area (Å²) in [5, 5.41) is 2.87. The Hall–Kier alpha value is -2.50. The fourth-order valence-corrected chi connectivity index (χ4v) is 1.70. The quantitative estimate of drug-likeness (QED) is 0.846. The van der Waals surface area contributed by atoms with Crippen molar-refractivity contribution < 1.29 is 18.0 Å². The number of rotatable bonds is 4. The first-order chi connectivity index (χ1) is 9.47. The Bertz CT molecular complexity index is 636. The van der Waals surface area contributed by atoms with Gasteiger partial charge in [-0.2, -0.15) is 0 Å². The lowest BCUT2D eigenvalue weighted by Gasteiger charge is -2.08. The van der Waals surface area contributed by atoms with Gasteiger partial charge in [-0.1, -0.05) is 6.07 Å². The molecule has 6 heteroatoms. The Morgan fingerprint density at radius 2 is 1.75 bits per heavy atom. The molecule has 0 atom stereocenters. The number of nitrogens with one attached hydrogen (secondary N) is 1. The van der Waals surface area contributed by atoms with Crippen molar-refractivity contribution in [2.24, 2.45) is 5.73 Å². The molecule has 0 aromatic heterocycles. The summed E-state index contributed by atoms with van der Waals surface area (Å²) in [6.45, 7) is 0.0797. The average Bonchev–Trinajstić information content (AvgIpc) is 2.42. The fraction of sp³-hybridized carbons (Fsp3) is 0.0714. The molecule has 1 amide bonds. The molecular formula is C14H11F3N2O. The Morgan fingerprint density at radius 1 is 1.10 bits per heavy atom. The van der Waals surface area contributed by atoms with Crippen LogP contribution in [0.25, 0.3) is 0 Å². The summed E-state index contributed by atoms with van der Waals surface area (Å²) in [6, 6.07) is 8.16. The van der Waals surface area contributed by atoms with Crippen LogP contribution in [0.5, 0.6) is 0 Å². The highest BCUT2D eigenvalue weighted by atomic mass is 19.2. The van der Waals surface area contributed by atoms with Crippen molar-refractivity contribution in [2.75, 3.05) is 5.32 Å². The predicted molar refractivity (Wildman–Crippen MR) is 68.6 cm³/mol. The molecule has 0 aliphatic rings. The van der Waals surface area contributed by atoms with Gasteiger partial charge in [0.05, 0.1) is 0 Å². The third-order valence-electron chi connectivity index (χ3n) is 2.69. The van der Waals surface area contributed by atoms with Crippen molar-refractivity contribution >= 4 is 11.6 Å². The molecule has 0 fully saturated rings. The van der Waals surface area contributed by atoms with E-state index in [2.05, 4.69) is 5.32 Å². The van der Waals surface area contributed by atoms with E-state index in [1.54, 1.807) is 18.2 Å². The normalized spacial score (nSPS) is 10.3. The van der Waals surface area contributed by atoms with E-state index >= 15 is 0 Å². The predicted octanol–water partition coefficient (Wildman–Crippen LogP) is 2.81. The molecule has 0 saturated heterocycles. The standard InChI is InChI=1S/C14H11F3N2O/c15-11-4-8(5-12(16)13(11)17)7-19-10-3-1-2-9(6-10)14(18)20/h1-6,19H,7H2,(H2,18,20). The number of nitrogens with two attached hydrogens (primary N) is 1. The van der Waals surface area contributed by atoms with Crippen LogP contribution in [0, 0.1) is 17.5 Å². The second-order valence-corrected chi connectivity index (χ2v) is 4.17. The Labute approximate surface area is 113 Å². The van der Waals surface area contributed by atoms with Crippen molar-refractivity contribution in [2.45, 2.75) is 6.54 Å². The highest BCUT2D eigenvalue weighted by Gasteiger charge is 2.10. The number of carbonyl (C=O) groups excluding carboxylic acids is 1. The lowest BCUT2D eigenvalue weighted by Crippen LogP contribution is -2.11. The molecule has 2 rings (SSSR count). The molecule has 3 N–H and O–H groups in total. The second kappa shape index (κ2) is 5.64. The Morgan fingerprint density at radius 3 is 2.35 bits per heavy atom. The van der Waals surface area contributed by atoms with Gasteiger partial charge in [0.15, 0.2) is 17.5 Å². The number of halogens is 3. The van der Waals surface area contributed by atoms with Gasteiger partial charge in [0, 0.05) is 17.8 Å². The monoisotopic (exact) mass is 280 g/mol. The van der Waals surface area contributed by atoms with Crippen molar-refractivity contribution in [3.8, 4) is 0 Å². The van der Waals surface area contributed by atoms with Crippen LogP contribution in [0.2, 0.25) is 0 Å². The van der Waals surface area contributed by atoms with E-state index in [1.807, 2.05) is 0 Å². The lowest BCUT2D eigenvalue weighted by atomic mass is 10.1. The first-order valence-electron chi connectivity index (χ1n) is 5.74. The molecule has 0 radical (unpaired) electrons. The van der Waals surface area contributed by atoms with Gasteiger partial charge in [0.25, 0.3) is 0 Å². The molecule has 0 aliphatic carbocycles. The van der Waals surface area contributed by atoms with E-state index in [0.717, 1.165) is 12.1 Å². The summed E-state index contributed by atoms with van der Waals surface area (Å²) in [6.07, 6.45) is 0. The summed E-state index contributed by atoms with van der Waals surface area (Å²) in [4.78, 5) is 11.0. The molecule has 3 nitrogen and oxygen atoms in total. The molecule has 0 heterocycles. The SMILES string of the molecule is NC(=O)c1cccc(NCc2cc(F)c(F)c(F)c2)c1. The molecule has 0 bridgehead atoms. The number of primary amides is 1. The molecule has 0 unspecified atom stereocenters. The minimum absolute atomic E-state index is 0.0797. The van der Waals surface area contributed by atoms with Crippen molar-refractivity contribution in [3.05, 3.63) is 65.0 Å². The van der Waals surface area contributed by atoms with Crippen LogP contribution in [-0.2, 0) is 6.54 Å². The Kier molecular flexibility index (Phi) is 3.93. The van der Waals surface area contributed by atoms with Crippen molar-refractivity contribution in [3.63, 3.8) is 0 Å². The van der Waals surface area contributed by atoms with Crippen molar-refractivity contribution in [1.29, 1.82) is 0 Å². The maximum atomic E-state index is 13.0. The maximum Gasteiger partial charge on any atom is 0.248 e. The number of carbonyl (C=O) groups is 1. The van der Waals surface area contributed by atoms with Crippen LogP contribution in [0.1, 0.15) is 15.9 Å². The third-order valence-corrected chi connectivity index (χ3v) is 2.69. The Balaban J connectivity index is 2.13. The molecule has 0 saturated carbocycles. The van der Waals surface area contributed by atoms with Gasteiger partial charge in [0.2, 0.25) is 5.91 Å². The maximum absolute atomic E-state index is 13.0. The summed E-state index contributed by atoms with van der Waals surface area (Å²) < 4.78 is 38.9. The molecule has 0 spiro atoms. The van der Waals surface area contributed by atoms with E-state index in [4.69, 9.17) is 5.73 Å². The molecule has 104 valence electrons. The molecule has 2 aromatic carbocycles. The van der Waals surface area contributed by atoms with E-state index in [-0.39, 0.29) is 12.1 Å². The van der Waals surface area contributed by atoms with E-state index < -0.39 is 23.4 Å². The van der Waals surface area contributed by atoms with Gasteiger partial charge in [0.1, 0.15) is 0 Å². The zero-order chi connectivity index (χ0) is 14.7. The molecular weight excluding hydrogens is 269 g/mol. The van der Waals surface area contributed by atoms with Gasteiger partial charge >= 0.3 is 0 Å². The molecule has 2 aromatic rings. The van der Waals surface area contributed by atoms with Gasteiger partial charge in [-0.25, -0.2) is 13.2 Å². The third kappa shape index (κ3) is 3.09. The van der Waals surface area contributed by atoms with Crippen molar-refractivity contribution in [1.82, 2.24) is 0 Å². The van der Waals surface area contributed by atoms with Crippen LogP contribution < -0.4 is 11.1 Å². The number of hydrogen-bond acceptors (Lipinski definition) is 2.